The number of hydrogen-bond acceptors (Lipinski definition) is 4. The number of methoxy groups -OCH3 is 1. The molecule has 0 N–H and O–H groups in total. The largest absolute Gasteiger partial charge is 0.497 e. The van der Waals surface area contributed by atoms with Gasteiger partial charge in [0, 0.05) is 5.69 Å². The maximum atomic E-state index is 13.6. The van der Waals surface area contributed by atoms with Crippen molar-refractivity contribution in [2.75, 3.05) is 12.0 Å². The van der Waals surface area contributed by atoms with Crippen molar-refractivity contribution in [3.63, 3.8) is 0 Å². The number of amides is 1. The van der Waals surface area contributed by atoms with Crippen LogP contribution in [0.15, 0.2) is 75.9 Å². The number of ether oxygens (including phenoxy) is 1. The number of anilines is 1. The molecule has 5 heteroatoms. The molecule has 1 aliphatic heterocycles. The van der Waals surface area contributed by atoms with Crippen LogP contribution in [0.25, 0.3) is 11.0 Å². The summed E-state index contributed by atoms with van der Waals surface area (Å²) in [5.41, 5.74) is 4.17. The number of hydrogen-bond donors (Lipinski definition) is 0. The van der Waals surface area contributed by atoms with Gasteiger partial charge in [-0.3, -0.25) is 14.5 Å². The van der Waals surface area contributed by atoms with Crippen LogP contribution in [-0.2, 0) is 0 Å². The third kappa shape index (κ3) is 2.93. The number of nitrogens with zero attached hydrogens (tertiary/aromatic N) is 1. The number of fused-ring (bicyclic) bond motifs is 2. The first-order valence-corrected chi connectivity index (χ1v) is 10.1. The molecule has 1 amide bonds. The molecule has 31 heavy (non-hydrogen) atoms. The van der Waals surface area contributed by atoms with E-state index < -0.39 is 6.04 Å². The quantitative estimate of drug-likeness (QED) is 0.467. The summed E-state index contributed by atoms with van der Waals surface area (Å²) in [4.78, 5) is 28.8. The number of aryl methyl sites for hydroxylation is 2. The van der Waals surface area contributed by atoms with Crippen LogP contribution in [0, 0.1) is 13.8 Å². The van der Waals surface area contributed by atoms with Gasteiger partial charge in [-0.1, -0.05) is 30.3 Å². The Kier molecular flexibility index (Phi) is 4.40. The monoisotopic (exact) mass is 411 g/mol. The molecule has 5 rings (SSSR count). The van der Waals surface area contributed by atoms with Gasteiger partial charge in [0.2, 0.25) is 5.76 Å². The average molecular weight is 411 g/mol. The number of carbonyl (C=O) groups is 1. The smallest absolute Gasteiger partial charge is 0.295 e. The summed E-state index contributed by atoms with van der Waals surface area (Å²) in [5, 5.41) is 0.493. The lowest BCUT2D eigenvalue weighted by Gasteiger charge is -2.25. The Bertz CT molecular complexity index is 1370. The molecule has 0 bridgehead atoms. The van der Waals surface area contributed by atoms with Crippen molar-refractivity contribution in [2.45, 2.75) is 19.9 Å². The van der Waals surface area contributed by atoms with E-state index in [9.17, 15) is 9.59 Å². The number of carbonyl (C=O) groups excluding carboxylic acids is 1. The van der Waals surface area contributed by atoms with Gasteiger partial charge in [-0.2, -0.15) is 0 Å². The summed E-state index contributed by atoms with van der Waals surface area (Å²) in [6, 6.07) is 19.9. The van der Waals surface area contributed by atoms with E-state index in [2.05, 4.69) is 0 Å². The molecule has 2 heterocycles. The number of rotatable bonds is 3. The Hall–Kier alpha value is -3.86. The van der Waals surface area contributed by atoms with Crippen molar-refractivity contribution >= 4 is 22.6 Å². The van der Waals surface area contributed by atoms with Gasteiger partial charge in [0.05, 0.1) is 24.1 Å². The van der Waals surface area contributed by atoms with Gasteiger partial charge < -0.3 is 9.15 Å². The molecule has 0 radical (unpaired) electrons. The van der Waals surface area contributed by atoms with Crippen LogP contribution in [0.4, 0.5) is 5.69 Å². The summed E-state index contributed by atoms with van der Waals surface area (Å²) < 4.78 is 11.3. The summed E-state index contributed by atoms with van der Waals surface area (Å²) in [6.45, 7) is 3.92. The van der Waals surface area contributed by atoms with Crippen LogP contribution in [0.5, 0.6) is 5.75 Å². The number of benzene rings is 3. The van der Waals surface area contributed by atoms with Crippen LogP contribution in [0.2, 0.25) is 0 Å². The second kappa shape index (κ2) is 7.13. The fourth-order valence-electron chi connectivity index (χ4n) is 4.19. The van der Waals surface area contributed by atoms with E-state index in [1.807, 2.05) is 68.4 Å². The maximum absolute atomic E-state index is 13.6. The lowest BCUT2D eigenvalue weighted by molar-refractivity contribution is 0.0971. The normalized spacial score (nSPS) is 15.4. The molecule has 3 aromatic carbocycles. The molecular weight excluding hydrogens is 390 g/mol. The minimum Gasteiger partial charge on any atom is -0.497 e. The first kappa shape index (κ1) is 19.1. The molecule has 0 fully saturated rings. The van der Waals surface area contributed by atoms with E-state index in [0.29, 0.717) is 28.0 Å². The fourth-order valence-corrected chi connectivity index (χ4v) is 4.19. The fraction of sp³-hybridized carbons (Fsp3) is 0.154. The maximum Gasteiger partial charge on any atom is 0.295 e. The Morgan fingerprint density at radius 3 is 2.26 bits per heavy atom. The lowest BCUT2D eigenvalue weighted by atomic mass is 9.97. The molecule has 1 aromatic heterocycles. The van der Waals surface area contributed by atoms with Crippen molar-refractivity contribution in [2.24, 2.45) is 0 Å². The first-order valence-electron chi connectivity index (χ1n) is 10.1. The Labute approximate surface area is 179 Å². The second-order valence-corrected chi connectivity index (χ2v) is 7.79. The zero-order valence-corrected chi connectivity index (χ0v) is 17.5. The van der Waals surface area contributed by atoms with Crippen molar-refractivity contribution < 1.29 is 13.9 Å². The summed E-state index contributed by atoms with van der Waals surface area (Å²) >= 11 is 0. The third-order valence-electron chi connectivity index (χ3n) is 5.95. The van der Waals surface area contributed by atoms with E-state index in [1.54, 1.807) is 24.1 Å². The molecule has 0 saturated heterocycles. The Balaban J connectivity index is 1.79. The first-order chi connectivity index (χ1) is 15.0. The molecule has 0 spiro atoms. The minimum atomic E-state index is -0.570. The molecule has 1 unspecified atom stereocenters. The predicted molar refractivity (Wildman–Crippen MR) is 120 cm³/mol. The van der Waals surface area contributed by atoms with E-state index >= 15 is 0 Å². The van der Waals surface area contributed by atoms with Crippen LogP contribution in [-0.4, -0.2) is 13.0 Å². The van der Waals surface area contributed by atoms with E-state index in [0.717, 1.165) is 16.7 Å². The molecule has 1 aliphatic rings. The lowest BCUT2D eigenvalue weighted by Crippen LogP contribution is -2.29. The molecule has 5 nitrogen and oxygen atoms in total. The van der Waals surface area contributed by atoms with Gasteiger partial charge in [-0.15, -0.1) is 0 Å². The predicted octanol–water partition coefficient (Wildman–Crippen LogP) is 5.17. The van der Waals surface area contributed by atoms with Crippen LogP contribution >= 0.6 is 0 Å². The van der Waals surface area contributed by atoms with Gasteiger partial charge in [0.15, 0.2) is 5.43 Å². The van der Waals surface area contributed by atoms with Crippen LogP contribution in [0.3, 0.4) is 0 Å². The topological polar surface area (TPSA) is 59.8 Å². The molecule has 154 valence electrons. The summed E-state index contributed by atoms with van der Waals surface area (Å²) in [7, 11) is 1.59. The highest BCUT2D eigenvalue weighted by molar-refractivity contribution is 6.10. The third-order valence-corrected chi connectivity index (χ3v) is 5.95. The molecule has 4 aromatic rings. The van der Waals surface area contributed by atoms with Gasteiger partial charge in [-0.05, 0) is 66.9 Å². The average Bonchev–Trinajstić information content (AvgIpc) is 3.08. The Morgan fingerprint density at radius 1 is 0.903 bits per heavy atom. The molecular formula is C26H21NO4. The summed E-state index contributed by atoms with van der Waals surface area (Å²) in [6.07, 6.45) is 0. The van der Waals surface area contributed by atoms with Crippen molar-refractivity contribution in [1.82, 2.24) is 0 Å². The standard InChI is InChI=1S/C26H21NO4/c1-15-13-20-21(14-16(15)2)31-25-22(24(20)28)23(17-7-5-4-6-8-17)27(26(25)29)18-9-11-19(30-3)12-10-18/h4-14,23H,1-3H3. The second-order valence-electron chi connectivity index (χ2n) is 7.79. The van der Waals surface area contributed by atoms with Gasteiger partial charge >= 0.3 is 0 Å². The van der Waals surface area contributed by atoms with Crippen molar-refractivity contribution in [1.29, 1.82) is 0 Å². The van der Waals surface area contributed by atoms with Crippen LogP contribution < -0.4 is 15.1 Å². The van der Waals surface area contributed by atoms with Crippen molar-refractivity contribution in [3.05, 3.63) is 105 Å². The SMILES string of the molecule is COc1ccc(N2C(=O)c3oc4cc(C)c(C)cc4c(=O)c3C2c2ccccc2)cc1. The minimum absolute atomic E-state index is 0.102. The molecule has 1 atom stereocenters. The zero-order valence-electron chi connectivity index (χ0n) is 17.5. The summed E-state index contributed by atoms with van der Waals surface area (Å²) in [5.74, 6) is 0.465. The highest BCUT2D eigenvalue weighted by Crippen LogP contribution is 2.41. The van der Waals surface area contributed by atoms with Gasteiger partial charge in [0.1, 0.15) is 11.3 Å². The van der Waals surface area contributed by atoms with Crippen molar-refractivity contribution in [3.8, 4) is 5.75 Å². The zero-order chi connectivity index (χ0) is 21.7. The molecule has 0 aliphatic carbocycles. The highest BCUT2D eigenvalue weighted by Gasteiger charge is 2.43. The highest BCUT2D eigenvalue weighted by atomic mass is 16.5. The van der Waals surface area contributed by atoms with Gasteiger partial charge in [0.25, 0.3) is 5.91 Å². The Morgan fingerprint density at radius 2 is 1.58 bits per heavy atom. The van der Waals surface area contributed by atoms with Crippen LogP contribution in [0.1, 0.15) is 38.9 Å². The van der Waals surface area contributed by atoms with Gasteiger partial charge in [-0.25, -0.2) is 0 Å². The van der Waals surface area contributed by atoms with E-state index in [1.165, 1.54) is 0 Å². The van der Waals surface area contributed by atoms with E-state index in [4.69, 9.17) is 9.15 Å². The molecule has 0 saturated carbocycles. The van der Waals surface area contributed by atoms with E-state index in [-0.39, 0.29) is 17.1 Å².